The Hall–Kier alpha value is -3.07. The first-order chi connectivity index (χ1) is 11.1. The van der Waals surface area contributed by atoms with Crippen molar-refractivity contribution in [2.45, 2.75) is 25.9 Å². The van der Waals surface area contributed by atoms with Gasteiger partial charge in [-0.05, 0) is 6.92 Å². The lowest BCUT2D eigenvalue weighted by Crippen LogP contribution is -2.68. The predicted octanol–water partition coefficient (Wildman–Crippen LogP) is -2.26. The van der Waals surface area contributed by atoms with E-state index >= 15 is 0 Å². The Bertz CT molecular complexity index is 653. The second kappa shape index (κ2) is 7.47. The van der Waals surface area contributed by atoms with Crippen LogP contribution in [0.2, 0.25) is 0 Å². The molecule has 0 spiro atoms. The molecule has 0 aromatic rings. The van der Waals surface area contributed by atoms with Crippen LogP contribution in [0, 0.1) is 11.8 Å². The summed E-state index contributed by atoms with van der Waals surface area (Å²) in [5, 5.41) is 13.5. The van der Waals surface area contributed by atoms with Crippen LogP contribution < -0.4 is 10.6 Å². The van der Waals surface area contributed by atoms with Gasteiger partial charge in [-0.2, -0.15) is 4.79 Å². The van der Waals surface area contributed by atoms with Crippen LogP contribution in [0.1, 0.15) is 13.8 Å². The highest BCUT2D eigenvalue weighted by molar-refractivity contribution is 6.62. The van der Waals surface area contributed by atoms with Crippen molar-refractivity contribution in [3.63, 3.8) is 0 Å². The first-order valence-corrected chi connectivity index (χ1v) is 6.84. The quantitative estimate of drug-likeness (QED) is 0.0929. The maximum absolute atomic E-state index is 12.0. The van der Waals surface area contributed by atoms with Gasteiger partial charge in [0, 0.05) is 12.0 Å². The molecule has 130 valence electrons. The molecule has 1 unspecified atom stereocenters. The molecule has 1 aliphatic heterocycles. The van der Waals surface area contributed by atoms with E-state index in [1.54, 1.807) is 0 Å². The number of nitrogens with one attached hydrogen (secondary N) is 2. The van der Waals surface area contributed by atoms with Crippen molar-refractivity contribution in [2.75, 3.05) is 7.11 Å². The lowest BCUT2D eigenvalue weighted by molar-refractivity contribution is -0.154. The molecule has 0 aliphatic carbocycles. The largest absolute Gasteiger partial charge is 0.472 e. The molecule has 0 saturated carbocycles. The smallest absolute Gasteiger partial charge is 0.441 e. The second-order valence-electron chi connectivity index (χ2n) is 5.22. The Morgan fingerprint density at radius 2 is 1.92 bits per heavy atom. The molecule has 0 aromatic carbocycles. The van der Waals surface area contributed by atoms with Crippen LogP contribution in [0.3, 0.4) is 0 Å². The summed E-state index contributed by atoms with van der Waals surface area (Å²) in [7, 11) is 1.02. The van der Waals surface area contributed by atoms with Gasteiger partial charge in [0.25, 0.3) is 5.78 Å². The number of carboxylic acid groups (broad SMARTS) is 1. The molecule has 1 aliphatic rings. The molecule has 0 aromatic heterocycles. The van der Waals surface area contributed by atoms with Crippen LogP contribution >= 0.6 is 0 Å². The van der Waals surface area contributed by atoms with Gasteiger partial charge >= 0.3 is 23.6 Å². The van der Waals surface area contributed by atoms with Crippen molar-refractivity contribution in [3.8, 4) is 0 Å². The fraction of sp³-hybridized carbons (Fsp3) is 0.538. The van der Waals surface area contributed by atoms with E-state index in [4.69, 9.17) is 10.6 Å². The third kappa shape index (κ3) is 3.63. The Balaban J connectivity index is 2.86. The molecule has 3 N–H and O–H groups in total. The average Bonchev–Trinajstić information content (AvgIpc) is 2.50. The monoisotopic (exact) mass is 340 g/mol. The Kier molecular flexibility index (Phi) is 5.90. The van der Waals surface area contributed by atoms with Gasteiger partial charge in [0.2, 0.25) is 5.91 Å². The van der Waals surface area contributed by atoms with Gasteiger partial charge < -0.3 is 26.0 Å². The van der Waals surface area contributed by atoms with E-state index in [9.17, 15) is 24.0 Å². The van der Waals surface area contributed by atoms with E-state index in [0.717, 1.165) is 7.11 Å². The minimum atomic E-state index is -1.71. The number of esters is 1. The van der Waals surface area contributed by atoms with E-state index in [-0.39, 0.29) is 0 Å². The lowest BCUT2D eigenvalue weighted by atomic mass is 9.75. The summed E-state index contributed by atoms with van der Waals surface area (Å²) in [5.41, 5.74) is 7.55. The fourth-order valence-electron chi connectivity index (χ4n) is 2.42. The highest BCUT2D eigenvalue weighted by Crippen LogP contribution is 2.26. The number of amides is 2. The van der Waals surface area contributed by atoms with Crippen LogP contribution in [0.4, 0.5) is 0 Å². The summed E-state index contributed by atoms with van der Waals surface area (Å²) in [6.07, 6.45) is 0. The molecule has 4 atom stereocenters. The third-order valence-electron chi connectivity index (χ3n) is 3.76. The summed E-state index contributed by atoms with van der Waals surface area (Å²) in [5.74, 6) is -7.24. The summed E-state index contributed by atoms with van der Waals surface area (Å²) >= 11 is 0. The van der Waals surface area contributed by atoms with E-state index in [1.807, 2.05) is 0 Å². The number of Topliss-reactive ketones (excluding diaryl/α,β-unsaturated/α-hetero) is 1. The Morgan fingerprint density at radius 3 is 2.33 bits per heavy atom. The molecule has 24 heavy (non-hydrogen) atoms. The number of carbonyl (C=O) groups is 5. The van der Waals surface area contributed by atoms with E-state index in [2.05, 4.69) is 20.2 Å². The van der Waals surface area contributed by atoms with Crippen molar-refractivity contribution in [2.24, 2.45) is 11.8 Å². The molecule has 0 bridgehead atoms. The van der Waals surface area contributed by atoms with Crippen LogP contribution in [0.5, 0.6) is 0 Å². The SMILES string of the molecule is COC(=O)C(=O)N[C@H](C)[C@H]1C(=O)N[C@@H]1C(C)C(=O)C(=[N+]=[N-])C(=O)O. The van der Waals surface area contributed by atoms with Gasteiger partial charge in [0.05, 0.1) is 19.1 Å². The molecule has 2 amide bonds. The molecule has 11 heteroatoms. The molecule has 1 rings (SSSR count). The van der Waals surface area contributed by atoms with Crippen molar-refractivity contribution in [3.05, 3.63) is 5.53 Å². The number of ketones is 1. The lowest BCUT2D eigenvalue weighted by Gasteiger charge is -2.42. The van der Waals surface area contributed by atoms with E-state index < -0.39 is 59.2 Å². The number of hydrogen-bond donors (Lipinski definition) is 3. The predicted molar refractivity (Wildman–Crippen MR) is 75.5 cm³/mol. The summed E-state index contributed by atoms with van der Waals surface area (Å²) < 4.78 is 4.24. The minimum Gasteiger partial charge on any atom is -0.472 e. The summed E-state index contributed by atoms with van der Waals surface area (Å²) in [6, 6.07) is -1.61. The van der Waals surface area contributed by atoms with Gasteiger partial charge in [-0.25, -0.2) is 9.59 Å². The fourth-order valence-corrected chi connectivity index (χ4v) is 2.42. The number of carboxylic acids is 1. The van der Waals surface area contributed by atoms with Gasteiger partial charge in [0.15, 0.2) is 0 Å². The first-order valence-electron chi connectivity index (χ1n) is 6.84. The minimum absolute atomic E-state index is 0.477. The van der Waals surface area contributed by atoms with Crippen LogP contribution in [-0.4, -0.2) is 64.3 Å². The summed E-state index contributed by atoms with van der Waals surface area (Å²) in [4.78, 5) is 59.6. The number of methoxy groups -OCH3 is 1. The van der Waals surface area contributed by atoms with Crippen molar-refractivity contribution < 1.29 is 38.6 Å². The third-order valence-corrected chi connectivity index (χ3v) is 3.76. The highest BCUT2D eigenvalue weighted by atomic mass is 16.5. The number of nitrogens with zero attached hydrogens (tertiary/aromatic N) is 2. The number of β-lactam (4-membered cyclic amide) rings is 1. The van der Waals surface area contributed by atoms with Crippen molar-refractivity contribution >= 4 is 35.2 Å². The Labute approximate surface area is 136 Å². The molecular weight excluding hydrogens is 324 g/mol. The van der Waals surface area contributed by atoms with E-state index in [0.29, 0.717) is 0 Å². The number of aliphatic carboxylic acids is 1. The highest BCUT2D eigenvalue weighted by Gasteiger charge is 2.50. The molecule has 0 radical (unpaired) electrons. The van der Waals surface area contributed by atoms with Crippen LogP contribution in [0.15, 0.2) is 0 Å². The van der Waals surface area contributed by atoms with E-state index in [1.165, 1.54) is 13.8 Å². The maximum Gasteiger partial charge on any atom is 0.441 e. The van der Waals surface area contributed by atoms with Gasteiger partial charge in [-0.1, -0.05) is 6.92 Å². The second-order valence-corrected chi connectivity index (χ2v) is 5.22. The zero-order valence-electron chi connectivity index (χ0n) is 13.1. The standard InChI is InChI=1S/C13H16N4O7/c1-4(9(18)8(17-14)12(21)22)7-6(10(19)16-7)5(2)15-11(20)13(23)24-3/h4-7H,1-3H3,(H,15,20)(H,16,19)(H,21,22)/t4?,5-,6-,7-/m1/s1. The molecule has 11 nitrogen and oxygen atoms in total. The molecule has 1 fully saturated rings. The van der Waals surface area contributed by atoms with Crippen LogP contribution in [-0.2, 0) is 28.7 Å². The van der Waals surface area contributed by atoms with Gasteiger partial charge in [-0.3, -0.25) is 14.4 Å². The summed E-state index contributed by atoms with van der Waals surface area (Å²) in [6.45, 7) is 2.80. The van der Waals surface area contributed by atoms with Crippen molar-refractivity contribution in [1.29, 1.82) is 0 Å². The number of carbonyl (C=O) groups excluding carboxylic acids is 4. The first kappa shape index (κ1) is 19.0. The maximum atomic E-state index is 12.0. The molecule has 1 heterocycles. The zero-order chi connectivity index (χ0) is 18.6. The van der Waals surface area contributed by atoms with Crippen molar-refractivity contribution in [1.82, 2.24) is 10.6 Å². The zero-order valence-corrected chi connectivity index (χ0v) is 13.1. The number of hydrogen-bond acceptors (Lipinski definition) is 6. The number of ether oxygens (including phenoxy) is 1. The average molecular weight is 340 g/mol. The normalized spacial score (nSPS) is 21.2. The molecule has 1 saturated heterocycles. The van der Waals surface area contributed by atoms with Gasteiger partial charge in [0.1, 0.15) is 0 Å². The van der Waals surface area contributed by atoms with Crippen LogP contribution in [0.25, 0.3) is 5.53 Å². The molecular formula is C13H16N4O7. The van der Waals surface area contributed by atoms with Gasteiger partial charge in [-0.15, -0.1) is 0 Å². The topological polar surface area (TPSA) is 175 Å². The Morgan fingerprint density at radius 1 is 1.33 bits per heavy atom. The number of rotatable bonds is 6.